The Labute approximate surface area is 275 Å². The van der Waals surface area contributed by atoms with Crippen LogP contribution < -0.4 is 5.32 Å². The van der Waals surface area contributed by atoms with E-state index in [1.165, 1.54) is 33.1 Å². The molecule has 1 aliphatic heterocycles. The third-order valence-corrected chi connectivity index (χ3v) is 16.6. The maximum absolute atomic E-state index is 13.4. The molecule has 2 unspecified atom stereocenters. The monoisotopic (exact) mass is 697 g/mol. The normalized spacial score (nSPS) is 36.5. The number of nitrogens with zero attached hydrogens (tertiary/aromatic N) is 4. The predicted octanol–water partition coefficient (Wildman–Crippen LogP) is 6.36. The summed E-state index contributed by atoms with van der Waals surface area (Å²) in [5, 5.41) is 3.84. The van der Waals surface area contributed by atoms with Crippen molar-refractivity contribution in [3.05, 3.63) is 11.6 Å². The molecule has 0 radical (unpaired) electrons. The second-order valence-corrected chi connectivity index (χ2v) is 23.6. The molecule has 3 heterocycles. The molecule has 12 nitrogen and oxygen atoms in total. The van der Waals surface area contributed by atoms with Crippen LogP contribution >= 0.6 is 25.9 Å². The second kappa shape index (κ2) is 11.6. The standard InChI is InChI=1S/C31H46ClN5O7P2/c1-18(38)42-23-21(8-9-46(7,41)17-45(5,6)40)44-27(24(23)43-19(2)39)37-16-33-22-25(34-28(32)35-26(22)37)36-31-12-20-10-29(3,14-31)13-30(4,11-20)15-31/h16,20-21,23-24,27H,8-15,17H2,1-7H3,(H,34,35,36)/t20-,21-,23?,24+,27-,29+,30-,31-,46?/m1/s1. The Balaban J connectivity index is 1.33. The Bertz CT molecular complexity index is 1640. The van der Waals surface area contributed by atoms with Crippen LogP contribution in [0.5, 0.6) is 0 Å². The summed E-state index contributed by atoms with van der Waals surface area (Å²) in [6.45, 7) is 12.2. The molecule has 0 amide bonds. The number of nitrogens with one attached hydrogen (secondary N) is 1. The summed E-state index contributed by atoms with van der Waals surface area (Å²) < 4.78 is 45.3. The van der Waals surface area contributed by atoms with Gasteiger partial charge in [0.25, 0.3) is 0 Å². The van der Waals surface area contributed by atoms with Gasteiger partial charge in [0.1, 0.15) is 6.10 Å². The van der Waals surface area contributed by atoms with Crippen LogP contribution in [0, 0.1) is 16.7 Å². The minimum atomic E-state index is -2.80. The second-order valence-electron chi connectivity index (χ2n) is 15.9. The maximum atomic E-state index is 13.4. The SMILES string of the molecule is CC(=O)OC1[C@@H](CCP(C)(=O)CP(C)(C)=O)O[C@@H](n2cnc3c(N[C@@]45C[C@@H]6C[C@@](C)(C[C@@](C)(C6)C4)C5)nc(Cl)nc32)[C@H]1OC(C)=O. The van der Waals surface area contributed by atoms with Crippen LogP contribution in [-0.2, 0) is 32.9 Å². The van der Waals surface area contributed by atoms with E-state index in [4.69, 9.17) is 30.8 Å². The highest BCUT2D eigenvalue weighted by Gasteiger charge is 2.60. The van der Waals surface area contributed by atoms with Gasteiger partial charge in [-0.05, 0) is 93.3 Å². The van der Waals surface area contributed by atoms with Gasteiger partial charge >= 0.3 is 11.9 Å². The Hall–Kier alpha value is -2.00. The average Bonchev–Trinajstić information content (AvgIpc) is 3.39. The lowest BCUT2D eigenvalue weighted by molar-refractivity contribution is -0.165. The number of imidazole rings is 1. The quantitative estimate of drug-likeness (QED) is 0.168. The number of anilines is 1. The van der Waals surface area contributed by atoms with Gasteiger partial charge in [0, 0.05) is 25.5 Å². The molecule has 0 spiro atoms. The number of rotatable bonds is 10. The Morgan fingerprint density at radius 2 is 1.65 bits per heavy atom. The first kappa shape index (κ1) is 33.9. The molecule has 0 aromatic carbocycles. The van der Waals surface area contributed by atoms with E-state index in [-0.39, 0.29) is 40.1 Å². The van der Waals surface area contributed by atoms with Crippen molar-refractivity contribution < 1.29 is 32.9 Å². The molecule has 4 bridgehead atoms. The number of ether oxygens (including phenoxy) is 3. The van der Waals surface area contributed by atoms with Crippen molar-refractivity contribution in [3.63, 3.8) is 0 Å². The van der Waals surface area contributed by atoms with Crippen molar-refractivity contribution in [2.75, 3.05) is 37.4 Å². The van der Waals surface area contributed by atoms with E-state index >= 15 is 0 Å². The zero-order valence-corrected chi connectivity index (χ0v) is 30.3. The highest BCUT2D eigenvalue weighted by Crippen LogP contribution is 2.67. The fourth-order valence-corrected chi connectivity index (χ4v) is 17.3. The Morgan fingerprint density at radius 1 is 1.02 bits per heavy atom. The minimum Gasteiger partial charge on any atom is -0.456 e. The van der Waals surface area contributed by atoms with Gasteiger partial charge in [-0.3, -0.25) is 14.2 Å². The van der Waals surface area contributed by atoms with Gasteiger partial charge in [-0.15, -0.1) is 0 Å². The molecule has 254 valence electrons. The summed E-state index contributed by atoms with van der Waals surface area (Å²) in [5.41, 5.74) is 1.32. The number of fused-ring (bicyclic) bond motifs is 1. The Morgan fingerprint density at radius 3 is 2.24 bits per heavy atom. The van der Waals surface area contributed by atoms with Crippen LogP contribution in [0.2, 0.25) is 5.28 Å². The number of carbonyl (C=O) groups is 2. The van der Waals surface area contributed by atoms with Gasteiger partial charge in [0.05, 0.1) is 26.5 Å². The molecule has 7 rings (SSSR count). The largest absolute Gasteiger partial charge is 0.456 e. The van der Waals surface area contributed by atoms with Crippen LogP contribution in [0.1, 0.15) is 78.9 Å². The van der Waals surface area contributed by atoms with Crippen molar-refractivity contribution in [1.29, 1.82) is 0 Å². The first-order valence-corrected chi connectivity index (χ1v) is 21.7. The summed E-state index contributed by atoms with van der Waals surface area (Å²) >= 11 is 6.55. The van der Waals surface area contributed by atoms with Gasteiger partial charge in [-0.25, -0.2) is 4.98 Å². The maximum Gasteiger partial charge on any atom is 0.303 e. The molecule has 9 atom stereocenters. The molecule has 5 aliphatic rings. The molecule has 46 heavy (non-hydrogen) atoms. The van der Waals surface area contributed by atoms with Gasteiger partial charge in [0.2, 0.25) is 5.28 Å². The minimum absolute atomic E-state index is 0.0319. The fraction of sp³-hybridized carbons (Fsp3) is 0.774. The molecule has 15 heteroatoms. The molecular weight excluding hydrogens is 652 g/mol. The number of hydrogen-bond acceptors (Lipinski definition) is 11. The van der Waals surface area contributed by atoms with Crippen molar-refractivity contribution in [2.24, 2.45) is 16.7 Å². The average molecular weight is 698 g/mol. The van der Waals surface area contributed by atoms with Gasteiger partial charge < -0.3 is 28.7 Å². The van der Waals surface area contributed by atoms with E-state index < -0.39 is 50.8 Å². The van der Waals surface area contributed by atoms with Crippen LogP contribution in [0.4, 0.5) is 5.82 Å². The lowest BCUT2D eigenvalue weighted by Gasteiger charge is -2.65. The van der Waals surface area contributed by atoms with Gasteiger partial charge in [-0.2, -0.15) is 9.97 Å². The number of hydrogen-bond donors (Lipinski definition) is 1. The zero-order valence-electron chi connectivity index (χ0n) is 27.7. The summed E-state index contributed by atoms with van der Waals surface area (Å²) in [4.78, 5) is 38.4. The number of esters is 2. The fourth-order valence-electron chi connectivity index (χ4n) is 10.0. The lowest BCUT2D eigenvalue weighted by Crippen LogP contribution is -2.61. The van der Waals surface area contributed by atoms with E-state index in [1.54, 1.807) is 30.9 Å². The van der Waals surface area contributed by atoms with Crippen LogP contribution in [-0.4, -0.2) is 87.4 Å². The van der Waals surface area contributed by atoms with E-state index in [9.17, 15) is 18.7 Å². The molecule has 4 aliphatic carbocycles. The number of halogens is 1. The van der Waals surface area contributed by atoms with E-state index in [2.05, 4.69) is 29.1 Å². The summed E-state index contributed by atoms with van der Waals surface area (Å²) in [7, 11) is -5.34. The molecule has 2 aromatic rings. The first-order chi connectivity index (χ1) is 21.3. The smallest absolute Gasteiger partial charge is 0.303 e. The third kappa shape index (κ3) is 6.92. The van der Waals surface area contributed by atoms with E-state index in [0.717, 1.165) is 19.3 Å². The molecule has 2 aromatic heterocycles. The van der Waals surface area contributed by atoms with Crippen LogP contribution in [0.15, 0.2) is 6.33 Å². The van der Waals surface area contributed by atoms with Crippen molar-refractivity contribution in [3.8, 4) is 0 Å². The van der Waals surface area contributed by atoms with Gasteiger partial charge in [0.15, 0.2) is 35.4 Å². The molecular formula is C31H46ClN5O7P2. The highest BCUT2D eigenvalue weighted by molar-refractivity contribution is 7.79. The number of carbonyl (C=O) groups excluding carboxylic acids is 2. The zero-order chi connectivity index (χ0) is 33.4. The van der Waals surface area contributed by atoms with Crippen molar-refractivity contribution in [1.82, 2.24) is 19.5 Å². The highest BCUT2D eigenvalue weighted by atomic mass is 35.5. The van der Waals surface area contributed by atoms with E-state index in [1.807, 2.05) is 0 Å². The van der Waals surface area contributed by atoms with Crippen molar-refractivity contribution in [2.45, 2.75) is 103 Å². The van der Waals surface area contributed by atoms with Crippen molar-refractivity contribution >= 4 is 54.8 Å². The van der Waals surface area contributed by atoms with Crippen LogP contribution in [0.3, 0.4) is 0 Å². The molecule has 4 saturated carbocycles. The number of aromatic nitrogens is 4. The lowest BCUT2D eigenvalue weighted by atomic mass is 9.43. The summed E-state index contributed by atoms with van der Waals surface area (Å²) in [6.07, 6.45) is 5.15. The predicted molar refractivity (Wildman–Crippen MR) is 176 cm³/mol. The van der Waals surface area contributed by atoms with E-state index in [0.29, 0.717) is 22.9 Å². The van der Waals surface area contributed by atoms with Crippen LogP contribution in [0.25, 0.3) is 11.2 Å². The van der Waals surface area contributed by atoms with Gasteiger partial charge in [-0.1, -0.05) is 13.8 Å². The topological polar surface area (TPSA) is 152 Å². The summed E-state index contributed by atoms with van der Waals surface area (Å²) in [6, 6.07) is 0. The third-order valence-electron chi connectivity index (χ3n) is 10.1. The molecule has 1 saturated heterocycles. The summed E-state index contributed by atoms with van der Waals surface area (Å²) in [5.74, 6) is 0.176. The molecule has 5 fully saturated rings. The Kier molecular flexibility index (Phi) is 8.52. The molecule has 1 N–H and O–H groups in total. The first-order valence-electron chi connectivity index (χ1n) is 16.0.